The molecule has 0 amide bonds. The number of fused-ring (bicyclic) bond motifs is 3. The van der Waals surface area contributed by atoms with E-state index in [1.807, 2.05) is 0 Å². The summed E-state index contributed by atoms with van der Waals surface area (Å²) in [6.07, 6.45) is 13.6. The van der Waals surface area contributed by atoms with E-state index in [2.05, 4.69) is 93.2 Å². The number of hydrogen-bond acceptors (Lipinski definition) is 4. The molecule has 8 bridgehead atoms. The van der Waals surface area contributed by atoms with E-state index in [4.69, 9.17) is 9.97 Å². The van der Waals surface area contributed by atoms with Gasteiger partial charge in [0.2, 0.25) is 5.95 Å². The number of para-hydroxylation sites is 1. The van der Waals surface area contributed by atoms with Crippen molar-refractivity contribution in [2.75, 3.05) is 9.80 Å². The van der Waals surface area contributed by atoms with E-state index in [1.54, 1.807) is 0 Å². The molecule has 5 aromatic rings. The summed E-state index contributed by atoms with van der Waals surface area (Å²) in [6, 6.07) is 31.5. The molecule has 5 nitrogen and oxygen atoms in total. The van der Waals surface area contributed by atoms with Gasteiger partial charge < -0.3 is 9.80 Å². The standard InChI is InChI=1S/C40H41N5/c1-2-6-28(7-3-1)29-10-11-37-35(22-29)34-8-4-5-9-36(34)45(37)39-23-38(43-30-14-24-12-25(16-30)17-31(43)15-24)41-40(42-39)44-32-18-26-13-27(20-32)21-33(44)19-26/h1-11,22-27,30-33H,12-21H2. The van der Waals surface area contributed by atoms with Gasteiger partial charge in [0.25, 0.3) is 0 Å². The van der Waals surface area contributed by atoms with Crippen molar-refractivity contribution in [2.45, 2.75) is 88.4 Å². The van der Waals surface area contributed by atoms with E-state index in [0.29, 0.717) is 24.2 Å². The van der Waals surface area contributed by atoms with Crippen LogP contribution in [0.5, 0.6) is 0 Å². The normalized spacial score (nSPS) is 32.8. The maximum atomic E-state index is 5.58. The summed E-state index contributed by atoms with van der Waals surface area (Å²) < 4.78 is 2.45. The minimum atomic E-state index is 0.601. The predicted octanol–water partition coefficient (Wildman–Crippen LogP) is 8.78. The fourth-order valence-electron chi connectivity index (χ4n) is 11.6. The van der Waals surface area contributed by atoms with Crippen molar-refractivity contribution in [3.05, 3.63) is 78.9 Å². The molecule has 5 heteroatoms. The predicted molar refractivity (Wildman–Crippen MR) is 182 cm³/mol. The maximum Gasteiger partial charge on any atom is 0.229 e. The molecule has 226 valence electrons. The van der Waals surface area contributed by atoms with Crippen LogP contribution in [0.3, 0.4) is 0 Å². The lowest BCUT2D eigenvalue weighted by atomic mass is 9.63. The highest BCUT2D eigenvalue weighted by molar-refractivity contribution is 6.10. The zero-order chi connectivity index (χ0) is 29.2. The molecule has 0 N–H and O–H groups in total. The summed E-state index contributed by atoms with van der Waals surface area (Å²) in [4.78, 5) is 16.6. The van der Waals surface area contributed by atoms with E-state index < -0.39 is 0 Å². The lowest BCUT2D eigenvalue weighted by molar-refractivity contribution is 0.0869. The third-order valence-corrected chi connectivity index (χ3v) is 12.9. The smallest absolute Gasteiger partial charge is 0.229 e. The van der Waals surface area contributed by atoms with E-state index in [0.717, 1.165) is 35.4 Å². The fraction of sp³-hybridized carbons (Fsp3) is 0.450. The first-order valence-electron chi connectivity index (χ1n) is 17.8. The van der Waals surface area contributed by atoms with Gasteiger partial charge in [-0.2, -0.15) is 9.97 Å². The Balaban J connectivity index is 1.11. The summed E-state index contributed by atoms with van der Waals surface area (Å²) in [5.41, 5.74) is 4.97. The molecule has 0 spiro atoms. The average molecular weight is 592 g/mol. The Morgan fingerprint density at radius 2 is 1.00 bits per heavy atom. The molecule has 0 atom stereocenters. The van der Waals surface area contributed by atoms with Gasteiger partial charge in [0, 0.05) is 41.0 Å². The Bertz CT molecular complexity index is 1840. The molecule has 4 saturated heterocycles. The SMILES string of the molecule is c1ccc(-c2ccc3c(c2)c2ccccc2n3-c2cc(N3C4CC5CC(C4)CC3C5)nc(N3C4CC5CC(C4)CC3C5)n2)cc1. The molecule has 4 aliphatic carbocycles. The van der Waals surface area contributed by atoms with Gasteiger partial charge in [0.1, 0.15) is 11.6 Å². The molecule has 6 heterocycles. The second-order valence-electron chi connectivity index (χ2n) is 15.6. The van der Waals surface area contributed by atoms with Gasteiger partial charge in [0.05, 0.1) is 11.0 Å². The topological polar surface area (TPSA) is 37.2 Å². The lowest BCUT2D eigenvalue weighted by Crippen LogP contribution is -2.59. The zero-order valence-electron chi connectivity index (χ0n) is 25.9. The lowest BCUT2D eigenvalue weighted by Gasteiger charge is -2.58. The summed E-state index contributed by atoms with van der Waals surface area (Å²) in [5.74, 6) is 6.90. The summed E-state index contributed by atoms with van der Waals surface area (Å²) in [6.45, 7) is 0. The Labute approximate surface area is 265 Å². The third-order valence-electron chi connectivity index (χ3n) is 12.9. The first-order valence-corrected chi connectivity index (χ1v) is 17.8. The molecule has 13 rings (SSSR count). The summed E-state index contributed by atoms with van der Waals surface area (Å²) in [5, 5.41) is 2.58. The number of hydrogen-bond donors (Lipinski definition) is 0. The van der Waals surface area contributed by atoms with E-state index in [9.17, 15) is 0 Å². The number of aromatic nitrogens is 3. The first-order chi connectivity index (χ1) is 22.2. The van der Waals surface area contributed by atoms with Crippen molar-refractivity contribution in [3.63, 3.8) is 0 Å². The first kappa shape index (κ1) is 25.3. The average Bonchev–Trinajstić information content (AvgIpc) is 3.38. The van der Waals surface area contributed by atoms with Crippen LogP contribution in [-0.2, 0) is 0 Å². The summed E-state index contributed by atoms with van der Waals surface area (Å²) >= 11 is 0. The molecule has 0 radical (unpaired) electrons. The van der Waals surface area contributed by atoms with Crippen LogP contribution in [0.2, 0.25) is 0 Å². The fourth-order valence-corrected chi connectivity index (χ4v) is 11.6. The molecular weight excluding hydrogens is 550 g/mol. The van der Waals surface area contributed by atoms with E-state index in [1.165, 1.54) is 103 Å². The highest BCUT2D eigenvalue weighted by atomic mass is 15.4. The highest BCUT2D eigenvalue weighted by Gasteiger charge is 2.50. The van der Waals surface area contributed by atoms with Gasteiger partial charge in [0.15, 0.2) is 0 Å². The van der Waals surface area contributed by atoms with Crippen LogP contribution in [0, 0.1) is 23.7 Å². The quantitative estimate of drug-likeness (QED) is 0.209. The Morgan fingerprint density at radius 3 is 1.67 bits per heavy atom. The largest absolute Gasteiger partial charge is 0.350 e. The monoisotopic (exact) mass is 591 g/mol. The van der Waals surface area contributed by atoms with Crippen molar-refractivity contribution in [3.8, 4) is 16.9 Å². The van der Waals surface area contributed by atoms with Crippen LogP contribution in [0.25, 0.3) is 38.8 Å². The van der Waals surface area contributed by atoms with Gasteiger partial charge in [-0.1, -0.05) is 54.6 Å². The van der Waals surface area contributed by atoms with Crippen LogP contribution < -0.4 is 9.80 Å². The maximum absolute atomic E-state index is 5.58. The molecule has 4 aliphatic heterocycles. The highest BCUT2D eigenvalue weighted by Crippen LogP contribution is 2.52. The molecule has 3 aromatic carbocycles. The van der Waals surface area contributed by atoms with Crippen molar-refractivity contribution in [1.82, 2.24) is 14.5 Å². The van der Waals surface area contributed by atoms with Crippen LogP contribution in [0.4, 0.5) is 11.8 Å². The minimum Gasteiger partial charge on any atom is -0.350 e. The molecule has 0 unspecified atom stereocenters. The molecule has 45 heavy (non-hydrogen) atoms. The van der Waals surface area contributed by atoms with Crippen LogP contribution >= 0.6 is 0 Å². The second-order valence-corrected chi connectivity index (χ2v) is 15.6. The van der Waals surface area contributed by atoms with Gasteiger partial charge >= 0.3 is 0 Å². The molecule has 8 fully saturated rings. The zero-order valence-corrected chi connectivity index (χ0v) is 25.9. The molecule has 2 aromatic heterocycles. The number of rotatable bonds is 4. The molecular formula is C40H41N5. The Morgan fingerprint density at radius 1 is 0.444 bits per heavy atom. The van der Waals surface area contributed by atoms with Crippen molar-refractivity contribution >= 4 is 33.6 Å². The second kappa shape index (κ2) is 9.34. The Hall–Kier alpha value is -3.86. The van der Waals surface area contributed by atoms with Gasteiger partial charge in [-0.3, -0.25) is 4.57 Å². The van der Waals surface area contributed by atoms with Crippen molar-refractivity contribution < 1.29 is 0 Å². The van der Waals surface area contributed by atoms with Crippen molar-refractivity contribution in [2.24, 2.45) is 23.7 Å². The number of benzene rings is 3. The van der Waals surface area contributed by atoms with Gasteiger partial charge in [-0.15, -0.1) is 0 Å². The third kappa shape index (κ3) is 3.79. The van der Waals surface area contributed by atoms with Crippen LogP contribution in [0.15, 0.2) is 78.9 Å². The number of anilines is 2. The van der Waals surface area contributed by atoms with E-state index in [-0.39, 0.29) is 0 Å². The van der Waals surface area contributed by atoms with Crippen LogP contribution in [-0.4, -0.2) is 38.7 Å². The number of nitrogens with zero attached hydrogens (tertiary/aromatic N) is 5. The minimum absolute atomic E-state index is 0.601. The van der Waals surface area contributed by atoms with Gasteiger partial charge in [-0.25, -0.2) is 0 Å². The Kier molecular flexibility index (Phi) is 5.26. The number of piperidine rings is 4. The van der Waals surface area contributed by atoms with E-state index >= 15 is 0 Å². The van der Waals surface area contributed by atoms with Gasteiger partial charge in [-0.05, 0) is 117 Å². The summed E-state index contributed by atoms with van der Waals surface area (Å²) in [7, 11) is 0. The van der Waals surface area contributed by atoms with Crippen molar-refractivity contribution in [1.29, 1.82) is 0 Å². The molecule has 8 aliphatic rings. The molecule has 4 saturated carbocycles. The van der Waals surface area contributed by atoms with Crippen LogP contribution in [0.1, 0.15) is 64.2 Å².